The first kappa shape index (κ1) is 21.2. The lowest BCUT2D eigenvalue weighted by molar-refractivity contribution is -0.115. The molecule has 2 N–H and O–H groups in total. The quantitative estimate of drug-likeness (QED) is 0.750. The number of hydrogen-bond acceptors (Lipinski definition) is 4. The van der Waals surface area contributed by atoms with Crippen molar-refractivity contribution < 1.29 is 14.4 Å². The van der Waals surface area contributed by atoms with Crippen LogP contribution in [0.3, 0.4) is 0 Å². The van der Waals surface area contributed by atoms with Gasteiger partial charge in [0, 0.05) is 30.2 Å². The highest BCUT2D eigenvalue weighted by molar-refractivity contribution is 6.39. The van der Waals surface area contributed by atoms with Crippen molar-refractivity contribution in [3.05, 3.63) is 64.7 Å². The Hall–Kier alpha value is -3.06. The summed E-state index contributed by atoms with van der Waals surface area (Å²) in [5, 5.41) is 10.4. The number of oxime groups is 1. The van der Waals surface area contributed by atoms with E-state index in [1.54, 1.807) is 29.2 Å². The van der Waals surface area contributed by atoms with Crippen molar-refractivity contribution >= 4 is 34.9 Å². The minimum absolute atomic E-state index is 0.206. The maximum Gasteiger partial charge on any atom is 0.321 e. The van der Waals surface area contributed by atoms with Crippen LogP contribution >= 0.6 is 11.6 Å². The fourth-order valence-electron chi connectivity index (χ4n) is 3.86. The Morgan fingerprint density at radius 3 is 2.65 bits per heavy atom. The van der Waals surface area contributed by atoms with Crippen molar-refractivity contribution in [2.45, 2.75) is 38.3 Å². The zero-order valence-electron chi connectivity index (χ0n) is 17.4. The Balaban J connectivity index is 1.31. The van der Waals surface area contributed by atoms with Gasteiger partial charge >= 0.3 is 6.03 Å². The predicted octanol–water partition coefficient (Wildman–Crippen LogP) is 4.11. The van der Waals surface area contributed by atoms with Gasteiger partial charge in [-0.05, 0) is 49.6 Å². The van der Waals surface area contributed by atoms with Gasteiger partial charge in [0.1, 0.15) is 5.71 Å². The van der Waals surface area contributed by atoms with Crippen LogP contribution in [-0.2, 0) is 16.2 Å². The Labute approximate surface area is 186 Å². The number of amides is 3. The molecule has 7 nitrogen and oxygen atoms in total. The number of nitrogens with zero attached hydrogens (tertiary/aromatic N) is 2. The van der Waals surface area contributed by atoms with E-state index in [-0.39, 0.29) is 11.9 Å². The van der Waals surface area contributed by atoms with Gasteiger partial charge in [0.2, 0.25) is 0 Å². The molecule has 4 rings (SSSR count). The lowest BCUT2D eigenvalue weighted by Gasteiger charge is -2.38. The van der Waals surface area contributed by atoms with Crippen molar-refractivity contribution in [3.63, 3.8) is 0 Å². The molecule has 2 aliphatic heterocycles. The molecule has 1 spiro atoms. The molecule has 0 aliphatic carbocycles. The number of urea groups is 1. The first-order chi connectivity index (χ1) is 14.9. The van der Waals surface area contributed by atoms with Gasteiger partial charge < -0.3 is 20.4 Å². The Bertz CT molecular complexity index is 991. The number of carbonyl (C=O) groups excluding carboxylic acids is 2. The van der Waals surface area contributed by atoms with Gasteiger partial charge in [0.25, 0.3) is 5.91 Å². The topological polar surface area (TPSA) is 83.0 Å². The molecule has 1 atom stereocenters. The molecule has 0 bridgehead atoms. The molecule has 2 aromatic rings. The summed E-state index contributed by atoms with van der Waals surface area (Å²) in [6.45, 7) is 3.46. The number of aryl methyl sites for hydroxylation is 1. The van der Waals surface area contributed by atoms with E-state index in [9.17, 15) is 9.59 Å². The second-order valence-electron chi connectivity index (χ2n) is 8.12. The number of nitrogens with one attached hydrogen (secondary N) is 2. The van der Waals surface area contributed by atoms with Gasteiger partial charge in [-0.3, -0.25) is 4.79 Å². The van der Waals surface area contributed by atoms with E-state index in [4.69, 9.17) is 16.4 Å². The first-order valence-electron chi connectivity index (χ1n) is 10.3. The summed E-state index contributed by atoms with van der Waals surface area (Å²) in [6, 6.07) is 14.8. The lowest BCUT2D eigenvalue weighted by atomic mass is 9.88. The third kappa shape index (κ3) is 5.17. The minimum atomic E-state index is -0.647. The number of hydrogen-bond donors (Lipinski definition) is 2. The highest BCUT2D eigenvalue weighted by Crippen LogP contribution is 2.33. The number of carbonyl (C=O) groups is 2. The molecule has 1 saturated heterocycles. The van der Waals surface area contributed by atoms with Crippen molar-refractivity contribution in [3.8, 4) is 0 Å². The molecule has 0 radical (unpaired) electrons. The van der Waals surface area contributed by atoms with Crippen LogP contribution in [0.5, 0.6) is 0 Å². The molecule has 2 heterocycles. The number of likely N-dealkylation sites (tertiary alicyclic amines) is 1. The Kier molecular flexibility index (Phi) is 6.13. The molecule has 31 heavy (non-hydrogen) atoms. The fourth-order valence-corrected chi connectivity index (χ4v) is 3.99. The van der Waals surface area contributed by atoms with E-state index in [2.05, 4.69) is 15.8 Å². The molecular formula is C23H25ClN4O3. The number of anilines is 1. The molecule has 2 aromatic carbocycles. The first-order valence-corrected chi connectivity index (χ1v) is 10.7. The average Bonchev–Trinajstić information content (AvgIpc) is 3.18. The largest absolute Gasteiger partial charge is 0.386 e. The van der Waals surface area contributed by atoms with Crippen LogP contribution in [0.15, 0.2) is 53.7 Å². The summed E-state index contributed by atoms with van der Waals surface area (Å²) in [6.07, 6.45) is 1.91. The summed E-state index contributed by atoms with van der Waals surface area (Å²) in [4.78, 5) is 32.7. The second-order valence-corrected chi connectivity index (χ2v) is 8.56. The number of piperidine rings is 1. The van der Waals surface area contributed by atoms with E-state index in [0.717, 1.165) is 18.4 Å². The van der Waals surface area contributed by atoms with Crippen LogP contribution in [-0.4, -0.2) is 41.2 Å². The van der Waals surface area contributed by atoms with Crippen LogP contribution in [0.25, 0.3) is 0 Å². The fraction of sp³-hybridized carbons (Fsp3) is 0.348. The molecule has 3 amide bonds. The summed E-state index contributed by atoms with van der Waals surface area (Å²) < 4.78 is 0. The van der Waals surface area contributed by atoms with Crippen LogP contribution < -0.4 is 10.6 Å². The summed E-state index contributed by atoms with van der Waals surface area (Å²) in [7, 11) is 0. The maximum absolute atomic E-state index is 12.7. The van der Waals surface area contributed by atoms with Gasteiger partial charge in [-0.2, -0.15) is 0 Å². The SMILES string of the molecule is Cc1ccc(CNC(=O)C2=NO[C@@]3(CCCN(C(=O)Nc4ccc(Cl)cc4)C3)C2)cc1. The van der Waals surface area contributed by atoms with Crippen molar-refractivity contribution in [2.24, 2.45) is 5.16 Å². The zero-order valence-corrected chi connectivity index (χ0v) is 18.1. The second kappa shape index (κ2) is 8.98. The van der Waals surface area contributed by atoms with Crippen LogP contribution in [0.2, 0.25) is 5.02 Å². The smallest absolute Gasteiger partial charge is 0.321 e. The molecule has 8 heteroatoms. The van der Waals surface area contributed by atoms with Gasteiger partial charge in [-0.1, -0.05) is 46.6 Å². The van der Waals surface area contributed by atoms with Crippen LogP contribution in [0, 0.1) is 6.92 Å². The number of halogens is 1. The molecule has 162 valence electrons. The third-order valence-electron chi connectivity index (χ3n) is 5.60. The van der Waals surface area contributed by atoms with Crippen molar-refractivity contribution in [1.29, 1.82) is 0 Å². The summed E-state index contributed by atoms with van der Waals surface area (Å²) in [5.74, 6) is -0.236. The third-order valence-corrected chi connectivity index (χ3v) is 5.85. The monoisotopic (exact) mass is 440 g/mol. The molecular weight excluding hydrogens is 416 g/mol. The van der Waals surface area contributed by atoms with Gasteiger partial charge in [-0.25, -0.2) is 4.79 Å². The van der Waals surface area contributed by atoms with E-state index in [1.807, 2.05) is 31.2 Å². The normalized spacial score (nSPS) is 20.2. The van der Waals surface area contributed by atoms with Crippen molar-refractivity contribution in [1.82, 2.24) is 10.2 Å². The molecule has 0 unspecified atom stereocenters. The molecule has 0 aromatic heterocycles. The maximum atomic E-state index is 12.7. The highest BCUT2D eigenvalue weighted by atomic mass is 35.5. The van der Waals surface area contributed by atoms with Gasteiger partial charge in [-0.15, -0.1) is 0 Å². The number of rotatable bonds is 4. The van der Waals surface area contributed by atoms with E-state index < -0.39 is 5.60 Å². The zero-order chi connectivity index (χ0) is 21.8. The molecule has 0 saturated carbocycles. The van der Waals surface area contributed by atoms with E-state index in [0.29, 0.717) is 42.5 Å². The van der Waals surface area contributed by atoms with Gasteiger partial charge in [0.05, 0.1) is 6.54 Å². The van der Waals surface area contributed by atoms with Crippen LogP contribution in [0.1, 0.15) is 30.4 Å². The van der Waals surface area contributed by atoms with Crippen molar-refractivity contribution in [2.75, 3.05) is 18.4 Å². The highest BCUT2D eigenvalue weighted by Gasteiger charge is 2.45. The van der Waals surface area contributed by atoms with Gasteiger partial charge in [0.15, 0.2) is 5.60 Å². The standard InChI is InChI=1S/C23H25ClN4O3/c1-16-3-5-17(6-4-16)14-25-21(29)20-13-23(31-27-20)11-2-12-28(15-23)22(30)26-19-9-7-18(24)8-10-19/h3-10H,2,11-15H2,1H3,(H,25,29)(H,26,30)/t23-/m0/s1. The number of benzene rings is 2. The molecule has 2 aliphatic rings. The lowest BCUT2D eigenvalue weighted by Crippen LogP contribution is -2.52. The Morgan fingerprint density at radius 2 is 1.90 bits per heavy atom. The predicted molar refractivity (Wildman–Crippen MR) is 120 cm³/mol. The Morgan fingerprint density at radius 1 is 1.16 bits per heavy atom. The van der Waals surface area contributed by atoms with Crippen LogP contribution in [0.4, 0.5) is 10.5 Å². The summed E-state index contributed by atoms with van der Waals surface area (Å²) >= 11 is 5.90. The van der Waals surface area contributed by atoms with E-state index in [1.165, 1.54) is 5.56 Å². The minimum Gasteiger partial charge on any atom is -0.386 e. The molecule has 1 fully saturated rings. The van der Waals surface area contributed by atoms with E-state index >= 15 is 0 Å². The average molecular weight is 441 g/mol. The summed E-state index contributed by atoms with van der Waals surface area (Å²) in [5.41, 5.74) is 2.59.